The largest absolute Gasteiger partial charge is 0.292 e. The molecule has 0 atom stereocenters. The van der Waals surface area contributed by atoms with Gasteiger partial charge in [0.1, 0.15) is 0 Å². The zero-order chi connectivity index (χ0) is 17.1. The van der Waals surface area contributed by atoms with Crippen LogP contribution in [0.4, 0.5) is 11.4 Å². The first-order valence-electron chi connectivity index (χ1n) is 7.45. The minimum Gasteiger partial charge on any atom is -0.292 e. The second-order valence-corrected chi connectivity index (χ2v) is 6.27. The first kappa shape index (κ1) is 16.3. The topological polar surface area (TPSA) is 50.2 Å². The van der Waals surface area contributed by atoms with Gasteiger partial charge in [-0.2, -0.15) is 5.10 Å². The average molecular weight is 385 g/mol. The molecule has 0 saturated carbocycles. The maximum atomic E-state index is 11.5. The number of aromatic nitrogens is 2. The zero-order valence-corrected chi connectivity index (χ0v) is 15.0. The summed E-state index contributed by atoms with van der Waals surface area (Å²) in [5, 5.41) is 5.72. The highest BCUT2D eigenvalue weighted by Gasteiger charge is 2.11. The van der Waals surface area contributed by atoms with Crippen molar-refractivity contribution in [3.63, 3.8) is 0 Å². The van der Waals surface area contributed by atoms with Gasteiger partial charge in [0.05, 0.1) is 27.7 Å². The first-order chi connectivity index (χ1) is 11.6. The Bertz CT molecular complexity index is 855. The van der Waals surface area contributed by atoms with Crippen LogP contribution in [0.1, 0.15) is 5.56 Å². The number of hydrogen-bond donors (Lipinski definition) is 1. The number of benzene rings is 2. The molecule has 2 aromatic carbocycles. The van der Waals surface area contributed by atoms with E-state index in [0.29, 0.717) is 0 Å². The van der Waals surface area contributed by atoms with Crippen LogP contribution < -0.4 is 10.4 Å². The quantitative estimate of drug-likeness (QED) is 0.530. The van der Waals surface area contributed by atoms with Gasteiger partial charge in [0.2, 0.25) is 6.41 Å². The maximum absolute atomic E-state index is 11.5. The minimum absolute atomic E-state index is 0.773. The lowest BCUT2D eigenvalue weighted by atomic mass is 10.1. The van der Waals surface area contributed by atoms with Crippen molar-refractivity contribution < 1.29 is 4.79 Å². The van der Waals surface area contributed by atoms with E-state index < -0.39 is 0 Å². The van der Waals surface area contributed by atoms with E-state index in [4.69, 9.17) is 0 Å². The van der Waals surface area contributed by atoms with Crippen molar-refractivity contribution in [3.05, 3.63) is 64.8 Å². The van der Waals surface area contributed by atoms with Gasteiger partial charge >= 0.3 is 0 Å². The maximum Gasteiger partial charge on any atom is 0.232 e. The highest BCUT2D eigenvalue weighted by Crippen LogP contribution is 2.29. The Labute approximate surface area is 149 Å². The fourth-order valence-corrected chi connectivity index (χ4v) is 3.16. The van der Waals surface area contributed by atoms with Crippen molar-refractivity contribution in [1.29, 1.82) is 0 Å². The molecule has 0 saturated heterocycles. The van der Waals surface area contributed by atoms with Crippen LogP contribution >= 0.6 is 15.9 Å². The molecule has 0 bridgehead atoms. The number of anilines is 2. The van der Waals surface area contributed by atoms with Crippen molar-refractivity contribution in [1.82, 2.24) is 9.78 Å². The lowest BCUT2D eigenvalue weighted by Crippen LogP contribution is -2.28. The molecule has 1 heterocycles. The van der Waals surface area contributed by atoms with E-state index in [2.05, 4.69) is 26.5 Å². The number of nitrogens with one attached hydrogen (secondary N) is 1. The molecule has 1 N–H and O–H groups in total. The van der Waals surface area contributed by atoms with Crippen molar-refractivity contribution in [2.24, 2.45) is 7.05 Å². The van der Waals surface area contributed by atoms with Gasteiger partial charge in [0, 0.05) is 12.6 Å². The molecule has 0 aliphatic rings. The summed E-state index contributed by atoms with van der Waals surface area (Å²) in [6, 6.07) is 15.6. The van der Waals surface area contributed by atoms with Crippen LogP contribution in [-0.4, -0.2) is 16.2 Å². The minimum atomic E-state index is 0.773. The van der Waals surface area contributed by atoms with E-state index in [1.165, 1.54) is 5.01 Å². The van der Waals surface area contributed by atoms with Crippen molar-refractivity contribution in [2.45, 2.75) is 6.92 Å². The second-order valence-electron chi connectivity index (χ2n) is 5.42. The number of halogens is 1. The van der Waals surface area contributed by atoms with E-state index in [0.717, 1.165) is 39.1 Å². The van der Waals surface area contributed by atoms with E-state index in [-0.39, 0.29) is 0 Å². The smallest absolute Gasteiger partial charge is 0.232 e. The Balaban J connectivity index is 1.92. The number of hydrogen-bond acceptors (Lipinski definition) is 3. The molecular weight excluding hydrogens is 368 g/mol. The molecule has 0 spiro atoms. The normalized spacial score (nSPS) is 10.5. The fourth-order valence-electron chi connectivity index (χ4n) is 2.59. The molecule has 1 aromatic heterocycles. The number of carbonyl (C=O) groups is 1. The van der Waals surface area contributed by atoms with Crippen LogP contribution in [0.2, 0.25) is 0 Å². The monoisotopic (exact) mass is 384 g/mol. The molecule has 6 heteroatoms. The number of hydrazine groups is 1. The summed E-state index contributed by atoms with van der Waals surface area (Å²) >= 11 is 3.52. The van der Waals surface area contributed by atoms with Gasteiger partial charge in [-0.1, -0.05) is 30.3 Å². The summed E-state index contributed by atoms with van der Waals surface area (Å²) in [7, 11) is 1.89. The number of aryl methyl sites for hydroxylation is 2. The summed E-state index contributed by atoms with van der Waals surface area (Å²) in [4.78, 5) is 11.5. The Morgan fingerprint density at radius 1 is 1.21 bits per heavy atom. The van der Waals surface area contributed by atoms with Crippen molar-refractivity contribution >= 4 is 33.7 Å². The van der Waals surface area contributed by atoms with Crippen LogP contribution in [0.5, 0.6) is 0 Å². The molecule has 5 nitrogen and oxygen atoms in total. The predicted octanol–water partition coefficient (Wildman–Crippen LogP) is 4.15. The Kier molecular flexibility index (Phi) is 4.66. The van der Waals surface area contributed by atoms with Crippen LogP contribution in [-0.2, 0) is 11.8 Å². The average Bonchev–Trinajstić information content (AvgIpc) is 2.92. The van der Waals surface area contributed by atoms with Gasteiger partial charge in [-0.15, -0.1) is 0 Å². The van der Waals surface area contributed by atoms with E-state index in [1.54, 1.807) is 6.20 Å². The Hall–Kier alpha value is -2.60. The molecule has 0 fully saturated rings. The number of amides is 1. The molecule has 122 valence electrons. The van der Waals surface area contributed by atoms with E-state index >= 15 is 0 Å². The summed E-state index contributed by atoms with van der Waals surface area (Å²) < 4.78 is 2.73. The van der Waals surface area contributed by atoms with Gasteiger partial charge in [0.15, 0.2) is 0 Å². The van der Waals surface area contributed by atoms with E-state index in [9.17, 15) is 4.79 Å². The standard InChI is InChI=1S/C18H17BrN4O/c1-13-6-3-4-9-17(13)23(12-24)21-15-8-5-7-14(10-15)18-16(19)11-20-22(18)2/h3-12,21H,1-2H3. The second kappa shape index (κ2) is 6.88. The third-order valence-corrected chi connectivity index (χ3v) is 4.34. The summed E-state index contributed by atoms with van der Waals surface area (Å²) in [5.74, 6) is 0. The predicted molar refractivity (Wildman–Crippen MR) is 99.7 cm³/mol. The zero-order valence-electron chi connectivity index (χ0n) is 13.4. The number of para-hydroxylation sites is 1. The van der Waals surface area contributed by atoms with Crippen molar-refractivity contribution in [3.8, 4) is 11.3 Å². The fraction of sp³-hybridized carbons (Fsp3) is 0.111. The van der Waals surface area contributed by atoms with Gasteiger partial charge in [-0.25, -0.2) is 5.01 Å². The molecule has 0 aliphatic heterocycles. The summed E-state index contributed by atoms with van der Waals surface area (Å²) in [5.41, 5.74) is 7.78. The molecule has 0 radical (unpaired) electrons. The molecule has 0 aliphatic carbocycles. The van der Waals surface area contributed by atoms with Gasteiger partial charge in [0.25, 0.3) is 0 Å². The third-order valence-electron chi connectivity index (χ3n) is 3.76. The molecule has 3 aromatic rings. The van der Waals surface area contributed by atoms with Crippen LogP contribution in [0, 0.1) is 6.92 Å². The first-order valence-corrected chi connectivity index (χ1v) is 8.24. The lowest BCUT2D eigenvalue weighted by Gasteiger charge is -2.21. The Morgan fingerprint density at radius 3 is 2.67 bits per heavy atom. The molecule has 24 heavy (non-hydrogen) atoms. The van der Waals surface area contributed by atoms with Crippen molar-refractivity contribution in [2.75, 3.05) is 10.4 Å². The van der Waals surface area contributed by atoms with Crippen LogP contribution in [0.15, 0.2) is 59.2 Å². The number of rotatable bonds is 5. The SMILES string of the molecule is Cc1ccccc1N(C=O)Nc1cccc(-c2c(Br)cnn2C)c1. The molecule has 1 amide bonds. The molecule has 3 rings (SSSR count). The van der Waals surface area contributed by atoms with Crippen LogP contribution in [0.25, 0.3) is 11.3 Å². The lowest BCUT2D eigenvalue weighted by molar-refractivity contribution is -0.107. The van der Waals surface area contributed by atoms with Gasteiger partial charge in [-0.05, 0) is 46.6 Å². The number of nitrogens with zero attached hydrogens (tertiary/aromatic N) is 3. The third kappa shape index (κ3) is 3.19. The summed E-state index contributed by atoms with van der Waals surface area (Å²) in [6.45, 7) is 1.97. The number of carbonyl (C=O) groups excluding carboxylic acids is 1. The highest BCUT2D eigenvalue weighted by atomic mass is 79.9. The summed E-state index contributed by atoms with van der Waals surface area (Å²) in [6.07, 6.45) is 2.54. The Morgan fingerprint density at radius 2 is 2.00 bits per heavy atom. The molecule has 0 unspecified atom stereocenters. The molecular formula is C18H17BrN4O. The van der Waals surface area contributed by atoms with Gasteiger partial charge < -0.3 is 0 Å². The van der Waals surface area contributed by atoms with Gasteiger partial charge in [-0.3, -0.25) is 14.9 Å². The van der Waals surface area contributed by atoms with E-state index in [1.807, 2.05) is 67.2 Å². The highest BCUT2D eigenvalue weighted by molar-refractivity contribution is 9.10. The van der Waals surface area contributed by atoms with Crippen LogP contribution in [0.3, 0.4) is 0 Å².